The van der Waals surface area contributed by atoms with E-state index in [1.54, 1.807) is 42.5 Å². The number of thiophene rings is 1. The molecule has 5 rings (SSSR count). The van der Waals surface area contributed by atoms with Crippen LogP contribution < -0.4 is 16.0 Å². The van der Waals surface area contributed by atoms with E-state index >= 15 is 0 Å². The maximum atomic E-state index is 13.0. The molecular formula is C24H19N3O4S. The second kappa shape index (κ2) is 7.72. The number of hydrogen-bond acceptors (Lipinski definition) is 5. The fourth-order valence-corrected chi connectivity index (χ4v) is 5.59. The van der Waals surface area contributed by atoms with Gasteiger partial charge in [-0.05, 0) is 61.6 Å². The van der Waals surface area contributed by atoms with Crippen LogP contribution in [0.3, 0.4) is 0 Å². The predicted octanol–water partition coefficient (Wildman–Crippen LogP) is 3.78. The first kappa shape index (κ1) is 20.1. The highest BCUT2D eigenvalue weighted by molar-refractivity contribution is 7.17. The third-order valence-electron chi connectivity index (χ3n) is 5.81. The molecule has 1 aliphatic carbocycles. The van der Waals surface area contributed by atoms with Crippen LogP contribution in [-0.2, 0) is 12.8 Å². The van der Waals surface area contributed by atoms with E-state index in [0.29, 0.717) is 27.4 Å². The zero-order chi connectivity index (χ0) is 22.4. The number of rotatable bonds is 4. The van der Waals surface area contributed by atoms with Gasteiger partial charge >= 0.3 is 0 Å². The van der Waals surface area contributed by atoms with Crippen LogP contribution in [-0.4, -0.2) is 23.6 Å². The number of carbonyl (C=O) groups is 4. The number of hydrogen-bond donors (Lipinski definition) is 2. The zero-order valence-corrected chi connectivity index (χ0v) is 17.8. The quantitative estimate of drug-likeness (QED) is 0.596. The molecule has 0 saturated carbocycles. The molecule has 7 nitrogen and oxygen atoms in total. The van der Waals surface area contributed by atoms with E-state index in [-0.39, 0.29) is 5.56 Å². The average Bonchev–Trinajstić information content (AvgIpc) is 3.28. The lowest BCUT2D eigenvalue weighted by Crippen LogP contribution is -2.29. The van der Waals surface area contributed by atoms with E-state index in [0.717, 1.165) is 41.0 Å². The Bertz CT molecular complexity index is 1280. The number of aryl methyl sites for hydroxylation is 1. The fourth-order valence-electron chi connectivity index (χ4n) is 4.30. The molecule has 32 heavy (non-hydrogen) atoms. The number of nitrogens with one attached hydrogen (secondary N) is 1. The molecule has 0 spiro atoms. The van der Waals surface area contributed by atoms with Crippen molar-refractivity contribution >= 4 is 45.7 Å². The van der Waals surface area contributed by atoms with Gasteiger partial charge in [0.1, 0.15) is 5.00 Å². The Labute approximate surface area is 187 Å². The highest BCUT2D eigenvalue weighted by Gasteiger charge is 2.36. The number of benzene rings is 2. The summed E-state index contributed by atoms with van der Waals surface area (Å²) in [5.74, 6) is -1.85. The summed E-state index contributed by atoms with van der Waals surface area (Å²) in [6.07, 6.45) is 3.67. The maximum Gasteiger partial charge on any atom is 0.266 e. The first-order chi connectivity index (χ1) is 15.5. The van der Waals surface area contributed by atoms with Crippen molar-refractivity contribution in [1.82, 2.24) is 0 Å². The van der Waals surface area contributed by atoms with E-state index in [2.05, 4.69) is 5.32 Å². The van der Waals surface area contributed by atoms with Crippen molar-refractivity contribution in [2.24, 2.45) is 5.73 Å². The summed E-state index contributed by atoms with van der Waals surface area (Å²) in [4.78, 5) is 52.8. The number of anilines is 2. The third kappa shape index (κ3) is 3.20. The SMILES string of the molecule is NC(=O)c1c(NC(=O)c2cccc(N3C(=O)c4ccccc4C3=O)c2)sc2c1CCCC2. The highest BCUT2D eigenvalue weighted by Crippen LogP contribution is 2.38. The molecular weight excluding hydrogens is 426 g/mol. The van der Waals surface area contributed by atoms with E-state index < -0.39 is 23.6 Å². The summed E-state index contributed by atoms with van der Waals surface area (Å²) >= 11 is 1.38. The number of nitrogens with two attached hydrogens (primary N) is 1. The molecule has 0 saturated heterocycles. The molecule has 1 aliphatic heterocycles. The van der Waals surface area contributed by atoms with Crippen molar-refractivity contribution in [3.63, 3.8) is 0 Å². The number of nitrogens with zero attached hydrogens (tertiary/aromatic N) is 1. The van der Waals surface area contributed by atoms with Gasteiger partial charge in [0.05, 0.1) is 22.4 Å². The van der Waals surface area contributed by atoms with Crippen molar-refractivity contribution in [2.45, 2.75) is 25.7 Å². The minimum Gasteiger partial charge on any atom is -0.365 e. The Hall–Kier alpha value is -3.78. The zero-order valence-electron chi connectivity index (χ0n) is 17.0. The van der Waals surface area contributed by atoms with Crippen LogP contribution in [0.1, 0.15) is 64.7 Å². The van der Waals surface area contributed by atoms with Crippen molar-refractivity contribution in [3.8, 4) is 0 Å². The van der Waals surface area contributed by atoms with Gasteiger partial charge in [0.15, 0.2) is 0 Å². The van der Waals surface area contributed by atoms with Crippen LogP contribution in [0.4, 0.5) is 10.7 Å². The monoisotopic (exact) mass is 445 g/mol. The van der Waals surface area contributed by atoms with Crippen molar-refractivity contribution < 1.29 is 19.2 Å². The highest BCUT2D eigenvalue weighted by atomic mass is 32.1. The van der Waals surface area contributed by atoms with Crippen molar-refractivity contribution in [1.29, 1.82) is 0 Å². The number of amides is 4. The van der Waals surface area contributed by atoms with Crippen molar-refractivity contribution in [2.75, 3.05) is 10.2 Å². The van der Waals surface area contributed by atoms with Gasteiger partial charge in [-0.15, -0.1) is 11.3 Å². The lowest BCUT2D eigenvalue weighted by molar-refractivity contribution is 0.0922. The molecule has 2 heterocycles. The summed E-state index contributed by atoms with van der Waals surface area (Å²) in [6.45, 7) is 0. The van der Waals surface area contributed by atoms with E-state index in [1.165, 1.54) is 17.4 Å². The summed E-state index contributed by atoms with van der Waals surface area (Å²) in [7, 11) is 0. The summed E-state index contributed by atoms with van der Waals surface area (Å²) in [6, 6.07) is 12.9. The topological polar surface area (TPSA) is 110 Å². The summed E-state index contributed by atoms with van der Waals surface area (Å²) in [5, 5.41) is 3.26. The molecule has 4 amide bonds. The molecule has 160 valence electrons. The number of primary amides is 1. The Morgan fingerprint density at radius 3 is 2.31 bits per heavy atom. The van der Waals surface area contributed by atoms with Gasteiger partial charge in [-0.2, -0.15) is 0 Å². The molecule has 1 aromatic heterocycles. The second-order valence-corrected chi connectivity index (χ2v) is 8.88. The Morgan fingerprint density at radius 2 is 1.62 bits per heavy atom. The molecule has 3 aromatic rings. The van der Waals surface area contributed by atoms with E-state index in [1.807, 2.05) is 0 Å². The first-order valence-corrected chi connectivity index (χ1v) is 11.1. The standard InChI is InChI=1S/C24H19N3O4S/c25-20(28)19-17-10-3-4-11-18(17)32-22(19)26-21(29)13-6-5-7-14(12-13)27-23(30)15-8-1-2-9-16(15)24(27)31/h1-2,5-9,12H,3-4,10-11H2,(H2,25,28)(H,26,29). The Kier molecular flexibility index (Phi) is 4.86. The molecule has 0 bridgehead atoms. The van der Waals surface area contributed by atoms with Gasteiger partial charge < -0.3 is 11.1 Å². The van der Waals surface area contributed by atoms with Gasteiger partial charge in [-0.3, -0.25) is 19.2 Å². The molecule has 2 aliphatic rings. The van der Waals surface area contributed by atoms with Gasteiger partial charge in [0, 0.05) is 10.4 Å². The molecule has 2 aromatic carbocycles. The van der Waals surface area contributed by atoms with Crippen LogP contribution in [0.25, 0.3) is 0 Å². The average molecular weight is 446 g/mol. The number of carbonyl (C=O) groups excluding carboxylic acids is 4. The van der Waals surface area contributed by atoms with Crippen LogP contribution in [0.15, 0.2) is 48.5 Å². The first-order valence-electron chi connectivity index (χ1n) is 10.3. The largest absolute Gasteiger partial charge is 0.365 e. The van der Waals surface area contributed by atoms with Crippen LogP contribution in [0.2, 0.25) is 0 Å². The summed E-state index contributed by atoms with van der Waals surface area (Å²) < 4.78 is 0. The van der Waals surface area contributed by atoms with Gasteiger partial charge in [-0.25, -0.2) is 4.90 Å². The lowest BCUT2D eigenvalue weighted by atomic mass is 9.95. The number of imide groups is 1. The molecule has 0 fully saturated rings. The smallest absolute Gasteiger partial charge is 0.266 e. The Balaban J connectivity index is 1.45. The predicted molar refractivity (Wildman–Crippen MR) is 121 cm³/mol. The molecule has 0 atom stereocenters. The normalized spacial score (nSPS) is 14.8. The van der Waals surface area contributed by atoms with Crippen LogP contribution in [0.5, 0.6) is 0 Å². The fraction of sp³-hybridized carbons (Fsp3) is 0.167. The van der Waals surface area contributed by atoms with Crippen LogP contribution in [0, 0.1) is 0 Å². The molecule has 8 heteroatoms. The minimum atomic E-state index is -0.556. The second-order valence-electron chi connectivity index (χ2n) is 7.78. The van der Waals surface area contributed by atoms with Gasteiger partial charge in [-0.1, -0.05) is 18.2 Å². The summed E-state index contributed by atoms with van der Waals surface area (Å²) in [5.41, 5.74) is 8.18. The number of fused-ring (bicyclic) bond motifs is 2. The lowest BCUT2D eigenvalue weighted by Gasteiger charge is -2.15. The molecule has 0 radical (unpaired) electrons. The van der Waals surface area contributed by atoms with E-state index in [4.69, 9.17) is 5.73 Å². The third-order valence-corrected chi connectivity index (χ3v) is 7.01. The minimum absolute atomic E-state index is 0.265. The van der Waals surface area contributed by atoms with Crippen LogP contribution >= 0.6 is 11.3 Å². The Morgan fingerprint density at radius 1 is 0.938 bits per heavy atom. The molecule has 3 N–H and O–H groups in total. The van der Waals surface area contributed by atoms with Gasteiger partial charge in [0.2, 0.25) is 0 Å². The van der Waals surface area contributed by atoms with Crippen molar-refractivity contribution in [3.05, 3.63) is 81.2 Å². The molecule has 0 unspecified atom stereocenters. The maximum absolute atomic E-state index is 13.0. The van der Waals surface area contributed by atoms with E-state index in [9.17, 15) is 19.2 Å². The van der Waals surface area contributed by atoms with Gasteiger partial charge in [0.25, 0.3) is 23.6 Å².